The molecule has 10 nitrogen and oxygen atoms in total. The van der Waals surface area contributed by atoms with Gasteiger partial charge in [-0.3, -0.25) is 10.1 Å². The van der Waals surface area contributed by atoms with Gasteiger partial charge in [-0.05, 0) is 43.3 Å². The number of carbonyl (C=O) groups is 2. The second-order valence-electron chi connectivity index (χ2n) is 6.87. The molecule has 2 amide bonds. The Hall–Kier alpha value is -4.19. The van der Waals surface area contributed by atoms with Gasteiger partial charge in [0.05, 0.1) is 4.90 Å². The van der Waals surface area contributed by atoms with Crippen LogP contribution in [0, 0.1) is 12.7 Å². The van der Waals surface area contributed by atoms with Crippen molar-refractivity contribution in [2.75, 3.05) is 5.32 Å². The summed E-state index contributed by atoms with van der Waals surface area (Å²) in [7, 11) is -4.09. The number of sulfonamides is 1. The van der Waals surface area contributed by atoms with Crippen molar-refractivity contribution in [2.45, 2.75) is 18.4 Å². The fraction of sp³-hybridized carbons (Fsp3) is 0.0952. The summed E-state index contributed by atoms with van der Waals surface area (Å²) in [6, 6.07) is 12.1. The predicted molar refractivity (Wildman–Crippen MR) is 116 cm³/mol. The molecule has 1 heterocycles. The Morgan fingerprint density at radius 1 is 1.15 bits per heavy atom. The Kier molecular flexibility index (Phi) is 6.78. The molecular formula is C21H19FN4O6S. The van der Waals surface area contributed by atoms with Crippen LogP contribution >= 0.6 is 0 Å². The molecule has 3 aromatic rings. The number of hydrogen-bond acceptors (Lipinski definition) is 5. The van der Waals surface area contributed by atoms with Gasteiger partial charge >= 0.3 is 6.09 Å². The Labute approximate surface area is 187 Å². The minimum Gasteiger partial charge on any atom is -0.465 e. The van der Waals surface area contributed by atoms with E-state index in [0.717, 1.165) is 16.2 Å². The molecule has 33 heavy (non-hydrogen) atoms. The fourth-order valence-corrected chi connectivity index (χ4v) is 3.75. The van der Waals surface area contributed by atoms with E-state index in [9.17, 15) is 22.4 Å². The van der Waals surface area contributed by atoms with Crippen LogP contribution in [0.3, 0.4) is 0 Å². The molecule has 12 heteroatoms. The molecule has 4 N–H and O–H groups in total. The van der Waals surface area contributed by atoms with Crippen LogP contribution < -0.4 is 21.3 Å². The number of benzene rings is 2. The standard InChI is InChI=1S/C21H19FN4O6S/c1-13-2-6-16(7-3-13)33(30,31)25-20-9-5-15(11-26(20)12-19(23)27)32-18-8-4-14(10-17(18)22)24-21(28)29/h2-11,24H,12H2,1H3,(H2,23,27)(H,28,29)/b25-20-. The maximum absolute atomic E-state index is 14.3. The van der Waals surface area contributed by atoms with Gasteiger partial charge in [0.15, 0.2) is 11.6 Å². The van der Waals surface area contributed by atoms with E-state index in [2.05, 4.69) is 4.40 Å². The van der Waals surface area contributed by atoms with Crippen LogP contribution in [0.2, 0.25) is 0 Å². The summed E-state index contributed by atoms with van der Waals surface area (Å²) < 4.78 is 50.0. The number of halogens is 1. The molecule has 0 unspecified atom stereocenters. The number of primary amides is 1. The Morgan fingerprint density at radius 3 is 2.45 bits per heavy atom. The summed E-state index contributed by atoms with van der Waals surface area (Å²) in [4.78, 5) is 22.1. The van der Waals surface area contributed by atoms with Crippen molar-refractivity contribution in [1.29, 1.82) is 0 Å². The number of carbonyl (C=O) groups excluding carboxylic acids is 1. The van der Waals surface area contributed by atoms with Crippen LogP contribution in [0.1, 0.15) is 5.56 Å². The van der Waals surface area contributed by atoms with Gasteiger partial charge in [0, 0.05) is 18.0 Å². The molecule has 2 aromatic carbocycles. The number of rotatable bonds is 7. The van der Waals surface area contributed by atoms with Crippen molar-refractivity contribution in [2.24, 2.45) is 10.1 Å². The fourth-order valence-electron chi connectivity index (χ4n) is 2.75. The lowest BCUT2D eigenvalue weighted by Gasteiger charge is -2.11. The summed E-state index contributed by atoms with van der Waals surface area (Å²) in [6.07, 6.45) is -0.104. The third-order valence-corrected chi connectivity index (χ3v) is 5.54. The summed E-state index contributed by atoms with van der Waals surface area (Å²) in [5.41, 5.74) is 6.05. The third kappa shape index (κ3) is 6.17. The van der Waals surface area contributed by atoms with E-state index >= 15 is 0 Å². The van der Waals surface area contributed by atoms with Crippen molar-refractivity contribution in [3.63, 3.8) is 0 Å². The zero-order chi connectivity index (χ0) is 24.2. The number of nitrogens with two attached hydrogens (primary N) is 1. The van der Waals surface area contributed by atoms with Crippen LogP contribution in [0.4, 0.5) is 14.9 Å². The first-order valence-electron chi connectivity index (χ1n) is 9.37. The first-order chi connectivity index (χ1) is 15.5. The summed E-state index contributed by atoms with van der Waals surface area (Å²) >= 11 is 0. The van der Waals surface area contributed by atoms with Crippen LogP contribution in [-0.2, 0) is 21.4 Å². The molecule has 0 aliphatic carbocycles. The van der Waals surface area contributed by atoms with E-state index in [4.69, 9.17) is 15.6 Å². The molecule has 0 atom stereocenters. The molecule has 1 aromatic heterocycles. The van der Waals surface area contributed by atoms with Crippen LogP contribution in [0.25, 0.3) is 0 Å². The Morgan fingerprint density at radius 2 is 1.85 bits per heavy atom. The highest BCUT2D eigenvalue weighted by molar-refractivity contribution is 7.90. The zero-order valence-electron chi connectivity index (χ0n) is 17.2. The second-order valence-corrected chi connectivity index (χ2v) is 8.48. The van der Waals surface area contributed by atoms with Crippen molar-refractivity contribution < 1.29 is 32.2 Å². The van der Waals surface area contributed by atoms with E-state index < -0.39 is 34.4 Å². The van der Waals surface area contributed by atoms with Crippen molar-refractivity contribution in [1.82, 2.24) is 4.57 Å². The largest absolute Gasteiger partial charge is 0.465 e. The SMILES string of the molecule is Cc1ccc(S(=O)(=O)/N=c2/ccc(Oc3ccc(NC(=O)O)cc3F)cn2CC(N)=O)cc1. The predicted octanol–water partition coefficient (Wildman–Crippen LogP) is 2.59. The number of aryl methyl sites for hydroxylation is 1. The summed E-state index contributed by atoms with van der Waals surface area (Å²) in [5, 5.41) is 10.7. The molecule has 172 valence electrons. The topological polar surface area (TPSA) is 153 Å². The number of carboxylic acid groups (broad SMARTS) is 1. The number of hydrogen-bond donors (Lipinski definition) is 3. The van der Waals surface area contributed by atoms with E-state index in [1.165, 1.54) is 42.6 Å². The van der Waals surface area contributed by atoms with Gasteiger partial charge in [0.2, 0.25) is 5.91 Å². The average Bonchev–Trinajstić information content (AvgIpc) is 2.71. The molecule has 0 saturated carbocycles. The van der Waals surface area contributed by atoms with Gasteiger partial charge in [-0.15, -0.1) is 4.40 Å². The third-order valence-electron chi connectivity index (χ3n) is 4.24. The number of pyridine rings is 1. The highest BCUT2D eigenvalue weighted by Gasteiger charge is 2.14. The van der Waals surface area contributed by atoms with Gasteiger partial charge in [-0.1, -0.05) is 17.7 Å². The molecule has 0 spiro atoms. The van der Waals surface area contributed by atoms with Crippen LogP contribution in [-0.4, -0.2) is 30.1 Å². The lowest BCUT2D eigenvalue weighted by Crippen LogP contribution is -2.28. The molecule has 0 bridgehead atoms. The Balaban J connectivity index is 1.97. The van der Waals surface area contributed by atoms with Crippen molar-refractivity contribution in [3.05, 3.63) is 77.7 Å². The highest BCUT2D eigenvalue weighted by Crippen LogP contribution is 2.26. The van der Waals surface area contributed by atoms with Gasteiger partial charge < -0.3 is 20.1 Å². The molecule has 0 fully saturated rings. The smallest absolute Gasteiger partial charge is 0.409 e. The second kappa shape index (κ2) is 9.53. The number of ether oxygens (including phenoxy) is 1. The van der Waals surface area contributed by atoms with E-state index in [1.807, 2.05) is 12.2 Å². The maximum atomic E-state index is 14.3. The van der Waals surface area contributed by atoms with E-state index in [-0.39, 0.29) is 27.6 Å². The van der Waals surface area contributed by atoms with Crippen molar-refractivity contribution >= 4 is 27.7 Å². The van der Waals surface area contributed by atoms with Crippen molar-refractivity contribution in [3.8, 4) is 11.5 Å². The van der Waals surface area contributed by atoms with Gasteiger partial charge in [-0.2, -0.15) is 8.42 Å². The lowest BCUT2D eigenvalue weighted by molar-refractivity contribution is -0.118. The normalized spacial score (nSPS) is 11.8. The monoisotopic (exact) mass is 474 g/mol. The minimum atomic E-state index is -4.09. The Bertz CT molecular complexity index is 1380. The van der Waals surface area contributed by atoms with Gasteiger partial charge in [0.25, 0.3) is 10.0 Å². The quantitative estimate of drug-likeness (QED) is 0.478. The van der Waals surface area contributed by atoms with Gasteiger partial charge in [-0.25, -0.2) is 9.18 Å². The number of nitrogens with one attached hydrogen (secondary N) is 1. The number of anilines is 1. The number of amides is 2. The van der Waals surface area contributed by atoms with E-state index in [0.29, 0.717) is 0 Å². The molecule has 3 rings (SSSR count). The molecule has 0 saturated heterocycles. The number of aromatic nitrogens is 1. The zero-order valence-corrected chi connectivity index (χ0v) is 18.0. The van der Waals surface area contributed by atoms with Gasteiger partial charge in [0.1, 0.15) is 17.8 Å². The summed E-state index contributed by atoms with van der Waals surface area (Å²) in [5.74, 6) is -1.79. The minimum absolute atomic E-state index is 0.00611. The maximum Gasteiger partial charge on any atom is 0.409 e. The first-order valence-corrected chi connectivity index (χ1v) is 10.8. The summed E-state index contributed by atoms with van der Waals surface area (Å²) in [6.45, 7) is 1.40. The molecule has 0 aliphatic heterocycles. The molecular weight excluding hydrogens is 455 g/mol. The first kappa shape index (κ1) is 23.5. The molecule has 0 aliphatic rings. The van der Waals surface area contributed by atoms with E-state index in [1.54, 1.807) is 12.1 Å². The highest BCUT2D eigenvalue weighted by atomic mass is 32.2. The number of nitrogens with zero attached hydrogens (tertiary/aromatic N) is 2. The lowest BCUT2D eigenvalue weighted by atomic mass is 10.2. The van der Waals surface area contributed by atoms with Crippen LogP contribution in [0.5, 0.6) is 11.5 Å². The molecule has 0 radical (unpaired) electrons. The van der Waals surface area contributed by atoms with Crippen LogP contribution in [0.15, 0.2) is 70.1 Å². The average molecular weight is 474 g/mol.